The van der Waals surface area contributed by atoms with Crippen molar-refractivity contribution in [1.82, 2.24) is 5.32 Å². The molecule has 0 saturated carbocycles. The summed E-state index contributed by atoms with van der Waals surface area (Å²) in [6.07, 6.45) is 0. The second-order valence-corrected chi connectivity index (χ2v) is 5.32. The zero-order chi connectivity index (χ0) is 14.2. The van der Waals surface area contributed by atoms with Crippen LogP contribution in [0.4, 0.5) is 0 Å². The molecule has 1 atom stereocenters. The number of ether oxygens (including phenoxy) is 1. The van der Waals surface area contributed by atoms with E-state index in [1.54, 1.807) is 0 Å². The monoisotopic (exact) mass is 335 g/mol. The maximum absolute atomic E-state index is 9.42. The Morgan fingerprint density at radius 1 is 1.10 bits per heavy atom. The Hall–Kier alpha value is -1.36. The number of aliphatic hydroxyl groups is 1. The van der Waals surface area contributed by atoms with Crippen molar-refractivity contribution in [3.63, 3.8) is 0 Å². The Labute approximate surface area is 127 Å². The molecule has 1 unspecified atom stereocenters. The first-order chi connectivity index (χ1) is 9.79. The van der Waals surface area contributed by atoms with Crippen molar-refractivity contribution in [2.75, 3.05) is 19.8 Å². The third-order valence-electron chi connectivity index (χ3n) is 2.94. The van der Waals surface area contributed by atoms with Gasteiger partial charge in [0.2, 0.25) is 0 Å². The van der Waals surface area contributed by atoms with Crippen LogP contribution < -0.4 is 10.1 Å². The van der Waals surface area contributed by atoms with E-state index in [1.165, 1.54) is 0 Å². The zero-order valence-electron chi connectivity index (χ0n) is 11.1. The van der Waals surface area contributed by atoms with Crippen molar-refractivity contribution in [3.05, 3.63) is 64.6 Å². The normalized spacial score (nSPS) is 12.1. The molecule has 0 fully saturated rings. The number of nitrogens with one attached hydrogen (secondary N) is 1. The van der Waals surface area contributed by atoms with Gasteiger partial charge in [-0.1, -0.05) is 52.3 Å². The second kappa shape index (κ2) is 8.04. The first kappa shape index (κ1) is 15.0. The minimum Gasteiger partial charge on any atom is -0.492 e. The molecule has 20 heavy (non-hydrogen) atoms. The van der Waals surface area contributed by atoms with Crippen LogP contribution in [0.1, 0.15) is 11.6 Å². The van der Waals surface area contributed by atoms with Gasteiger partial charge in [-0.3, -0.25) is 0 Å². The van der Waals surface area contributed by atoms with E-state index >= 15 is 0 Å². The van der Waals surface area contributed by atoms with E-state index < -0.39 is 0 Å². The molecular weight excluding hydrogens is 318 g/mol. The molecule has 0 aliphatic heterocycles. The first-order valence-corrected chi connectivity index (χ1v) is 7.36. The molecule has 4 heteroatoms. The van der Waals surface area contributed by atoms with Crippen molar-refractivity contribution >= 4 is 15.9 Å². The van der Waals surface area contributed by atoms with Crippen LogP contribution in [0.5, 0.6) is 5.75 Å². The van der Waals surface area contributed by atoms with Crippen molar-refractivity contribution < 1.29 is 9.84 Å². The number of benzene rings is 2. The molecule has 0 amide bonds. The SMILES string of the molecule is OCC(NCCOc1cccc(Br)c1)c1ccccc1. The van der Waals surface area contributed by atoms with Crippen LogP contribution in [0.3, 0.4) is 0 Å². The maximum Gasteiger partial charge on any atom is 0.120 e. The van der Waals surface area contributed by atoms with Gasteiger partial charge in [0, 0.05) is 11.0 Å². The molecule has 0 spiro atoms. The van der Waals surface area contributed by atoms with E-state index in [0.717, 1.165) is 15.8 Å². The average Bonchev–Trinajstić information content (AvgIpc) is 2.48. The Kier molecular flexibility index (Phi) is 6.05. The van der Waals surface area contributed by atoms with Gasteiger partial charge < -0.3 is 15.2 Å². The van der Waals surface area contributed by atoms with E-state index in [1.807, 2.05) is 54.6 Å². The van der Waals surface area contributed by atoms with E-state index in [0.29, 0.717) is 13.2 Å². The third kappa shape index (κ3) is 4.63. The highest BCUT2D eigenvalue weighted by molar-refractivity contribution is 9.10. The second-order valence-electron chi connectivity index (χ2n) is 4.41. The van der Waals surface area contributed by atoms with Crippen molar-refractivity contribution in [2.45, 2.75) is 6.04 Å². The topological polar surface area (TPSA) is 41.5 Å². The fraction of sp³-hybridized carbons (Fsp3) is 0.250. The molecule has 2 rings (SSSR count). The quantitative estimate of drug-likeness (QED) is 0.764. The van der Waals surface area contributed by atoms with Crippen LogP contribution in [0.15, 0.2) is 59.1 Å². The Bertz CT molecular complexity index is 519. The van der Waals surface area contributed by atoms with Crippen LogP contribution in [0.25, 0.3) is 0 Å². The lowest BCUT2D eigenvalue weighted by atomic mass is 10.1. The molecule has 0 aromatic heterocycles. The molecule has 0 heterocycles. The summed E-state index contributed by atoms with van der Waals surface area (Å²) in [7, 11) is 0. The van der Waals surface area contributed by atoms with E-state index in [4.69, 9.17) is 4.74 Å². The predicted octanol–water partition coefficient (Wildman–Crippen LogP) is 3.15. The summed E-state index contributed by atoms with van der Waals surface area (Å²) in [5.41, 5.74) is 1.08. The summed E-state index contributed by atoms with van der Waals surface area (Å²) >= 11 is 3.41. The van der Waals surface area contributed by atoms with E-state index in [-0.39, 0.29) is 12.6 Å². The van der Waals surface area contributed by atoms with E-state index in [9.17, 15) is 5.11 Å². The molecule has 2 aromatic carbocycles. The molecule has 0 saturated heterocycles. The van der Waals surface area contributed by atoms with Crippen LogP contribution in [-0.2, 0) is 0 Å². The standard InChI is InChI=1S/C16H18BrNO2/c17-14-7-4-8-15(11-14)20-10-9-18-16(12-19)13-5-2-1-3-6-13/h1-8,11,16,18-19H,9-10,12H2. The van der Waals surface area contributed by atoms with Crippen molar-refractivity contribution in [3.8, 4) is 5.75 Å². The highest BCUT2D eigenvalue weighted by Gasteiger charge is 2.08. The van der Waals surface area contributed by atoms with Gasteiger partial charge in [0.15, 0.2) is 0 Å². The van der Waals surface area contributed by atoms with Gasteiger partial charge in [-0.2, -0.15) is 0 Å². The lowest BCUT2D eigenvalue weighted by Crippen LogP contribution is -2.28. The smallest absolute Gasteiger partial charge is 0.120 e. The molecule has 0 aliphatic carbocycles. The van der Waals surface area contributed by atoms with Crippen LogP contribution in [-0.4, -0.2) is 24.9 Å². The van der Waals surface area contributed by atoms with E-state index in [2.05, 4.69) is 21.2 Å². The number of rotatable bonds is 7. The summed E-state index contributed by atoms with van der Waals surface area (Å²) in [4.78, 5) is 0. The molecule has 3 nitrogen and oxygen atoms in total. The van der Waals surface area contributed by atoms with Crippen molar-refractivity contribution in [1.29, 1.82) is 0 Å². The molecule has 0 radical (unpaired) electrons. The van der Waals surface area contributed by atoms with Gasteiger partial charge in [-0.05, 0) is 23.8 Å². The summed E-state index contributed by atoms with van der Waals surface area (Å²) < 4.78 is 6.64. The van der Waals surface area contributed by atoms with Gasteiger partial charge in [-0.25, -0.2) is 0 Å². The fourth-order valence-corrected chi connectivity index (χ4v) is 2.31. The third-order valence-corrected chi connectivity index (χ3v) is 3.44. The van der Waals surface area contributed by atoms with Crippen LogP contribution >= 0.6 is 15.9 Å². The van der Waals surface area contributed by atoms with Gasteiger partial charge in [-0.15, -0.1) is 0 Å². The Balaban J connectivity index is 1.77. The van der Waals surface area contributed by atoms with Crippen LogP contribution in [0, 0.1) is 0 Å². The maximum atomic E-state index is 9.42. The van der Waals surface area contributed by atoms with Gasteiger partial charge >= 0.3 is 0 Å². The summed E-state index contributed by atoms with van der Waals surface area (Å²) in [6, 6.07) is 17.6. The minimum atomic E-state index is -0.0534. The van der Waals surface area contributed by atoms with Crippen LogP contribution in [0.2, 0.25) is 0 Å². The highest BCUT2D eigenvalue weighted by Crippen LogP contribution is 2.17. The summed E-state index contributed by atoms with van der Waals surface area (Å²) in [5.74, 6) is 0.835. The molecular formula is C16H18BrNO2. The number of hydrogen-bond donors (Lipinski definition) is 2. The number of halogens is 1. The molecule has 0 aliphatic rings. The summed E-state index contributed by atoms with van der Waals surface area (Å²) in [6.45, 7) is 1.30. The minimum absolute atomic E-state index is 0.0534. The van der Waals surface area contributed by atoms with Gasteiger partial charge in [0.25, 0.3) is 0 Å². The molecule has 2 N–H and O–H groups in total. The largest absolute Gasteiger partial charge is 0.492 e. The number of aliphatic hydroxyl groups excluding tert-OH is 1. The van der Waals surface area contributed by atoms with Crippen molar-refractivity contribution in [2.24, 2.45) is 0 Å². The van der Waals surface area contributed by atoms with Gasteiger partial charge in [0.05, 0.1) is 12.6 Å². The molecule has 2 aromatic rings. The predicted molar refractivity (Wildman–Crippen MR) is 83.9 cm³/mol. The lowest BCUT2D eigenvalue weighted by Gasteiger charge is -2.17. The zero-order valence-corrected chi connectivity index (χ0v) is 12.7. The lowest BCUT2D eigenvalue weighted by molar-refractivity contribution is 0.232. The highest BCUT2D eigenvalue weighted by atomic mass is 79.9. The first-order valence-electron chi connectivity index (χ1n) is 6.57. The Morgan fingerprint density at radius 2 is 1.90 bits per heavy atom. The Morgan fingerprint density at radius 3 is 2.60 bits per heavy atom. The fourth-order valence-electron chi connectivity index (χ4n) is 1.93. The molecule has 106 valence electrons. The van der Waals surface area contributed by atoms with Gasteiger partial charge in [0.1, 0.15) is 12.4 Å². The molecule has 0 bridgehead atoms. The number of hydrogen-bond acceptors (Lipinski definition) is 3. The summed E-state index contributed by atoms with van der Waals surface area (Å²) in [5, 5.41) is 12.7. The average molecular weight is 336 g/mol.